The van der Waals surface area contributed by atoms with E-state index in [9.17, 15) is 14.4 Å². The molecule has 0 radical (unpaired) electrons. The van der Waals surface area contributed by atoms with Crippen molar-refractivity contribution in [2.24, 2.45) is 5.73 Å². The summed E-state index contributed by atoms with van der Waals surface area (Å²) in [6.45, 7) is 3.99. The Bertz CT molecular complexity index is 859. The fraction of sp³-hybridized carbons (Fsp3) is 0.250. The summed E-state index contributed by atoms with van der Waals surface area (Å²) in [4.78, 5) is 38.0. The van der Waals surface area contributed by atoms with Crippen LogP contribution in [0.4, 0.5) is 4.79 Å². The summed E-state index contributed by atoms with van der Waals surface area (Å²) in [5.74, 6) is -0.788. The molecule has 6 heteroatoms. The van der Waals surface area contributed by atoms with Crippen molar-refractivity contribution in [3.8, 4) is 0 Å². The van der Waals surface area contributed by atoms with Gasteiger partial charge >= 0.3 is 6.03 Å². The number of nitrogens with one attached hydrogen (secondary N) is 1. The van der Waals surface area contributed by atoms with Crippen LogP contribution < -0.4 is 11.1 Å². The quantitative estimate of drug-likeness (QED) is 0.811. The summed E-state index contributed by atoms with van der Waals surface area (Å²) in [7, 11) is 0. The van der Waals surface area contributed by atoms with Crippen LogP contribution in [0.1, 0.15) is 40.4 Å². The SMILES string of the molecule is CCC1(c2ccc(C)cc2)NC(=O)N(Cc2ccc(C(N)=O)cc2)C1=O. The highest BCUT2D eigenvalue weighted by Crippen LogP contribution is 2.33. The summed E-state index contributed by atoms with van der Waals surface area (Å²) in [6.07, 6.45) is 0.456. The zero-order chi connectivity index (χ0) is 18.9. The van der Waals surface area contributed by atoms with Crippen molar-refractivity contribution in [2.45, 2.75) is 32.4 Å². The molecule has 1 saturated heterocycles. The number of rotatable bonds is 5. The lowest BCUT2D eigenvalue weighted by Gasteiger charge is -2.26. The van der Waals surface area contributed by atoms with Gasteiger partial charge in [-0.05, 0) is 36.6 Å². The van der Waals surface area contributed by atoms with Crippen molar-refractivity contribution in [2.75, 3.05) is 0 Å². The van der Waals surface area contributed by atoms with Gasteiger partial charge in [-0.1, -0.05) is 48.9 Å². The number of nitrogens with zero attached hydrogens (tertiary/aromatic N) is 1. The van der Waals surface area contributed by atoms with Crippen molar-refractivity contribution < 1.29 is 14.4 Å². The summed E-state index contributed by atoms with van der Waals surface area (Å²) < 4.78 is 0. The molecule has 6 nitrogen and oxygen atoms in total. The zero-order valence-corrected chi connectivity index (χ0v) is 14.8. The fourth-order valence-corrected chi connectivity index (χ4v) is 3.20. The second-order valence-electron chi connectivity index (χ2n) is 6.51. The molecular formula is C20H21N3O3. The van der Waals surface area contributed by atoms with Crippen molar-refractivity contribution in [1.29, 1.82) is 0 Å². The average molecular weight is 351 g/mol. The topological polar surface area (TPSA) is 92.5 Å². The standard InChI is InChI=1S/C20H21N3O3/c1-3-20(16-10-4-13(2)5-11-16)18(25)23(19(26)22-20)12-14-6-8-15(9-7-14)17(21)24/h4-11H,3,12H2,1-2H3,(H2,21,24)(H,22,26). The lowest BCUT2D eigenvalue weighted by atomic mass is 9.86. The molecule has 0 saturated carbocycles. The Labute approximate surface area is 152 Å². The molecule has 0 spiro atoms. The lowest BCUT2D eigenvalue weighted by molar-refractivity contribution is -0.132. The van der Waals surface area contributed by atoms with Crippen LogP contribution in [0.5, 0.6) is 0 Å². The van der Waals surface area contributed by atoms with E-state index in [1.54, 1.807) is 24.3 Å². The number of carbonyl (C=O) groups excluding carboxylic acids is 3. The highest BCUT2D eigenvalue weighted by Gasteiger charge is 2.51. The van der Waals surface area contributed by atoms with Crippen LogP contribution in [0.2, 0.25) is 0 Å². The molecule has 2 aromatic carbocycles. The molecule has 0 aromatic heterocycles. The minimum Gasteiger partial charge on any atom is -0.366 e. The molecule has 4 amide bonds. The molecule has 1 fully saturated rings. The van der Waals surface area contributed by atoms with E-state index in [2.05, 4.69) is 5.32 Å². The Morgan fingerprint density at radius 1 is 1.08 bits per heavy atom. The van der Waals surface area contributed by atoms with E-state index in [4.69, 9.17) is 5.73 Å². The first-order valence-corrected chi connectivity index (χ1v) is 8.47. The molecule has 1 heterocycles. The van der Waals surface area contributed by atoms with E-state index in [0.717, 1.165) is 16.7 Å². The van der Waals surface area contributed by atoms with E-state index in [0.29, 0.717) is 12.0 Å². The average Bonchev–Trinajstić information content (AvgIpc) is 2.88. The minimum absolute atomic E-state index is 0.136. The predicted molar refractivity (Wildman–Crippen MR) is 97.2 cm³/mol. The van der Waals surface area contributed by atoms with E-state index in [1.165, 1.54) is 4.90 Å². The largest absolute Gasteiger partial charge is 0.366 e. The number of imide groups is 1. The second-order valence-corrected chi connectivity index (χ2v) is 6.51. The third-order valence-corrected chi connectivity index (χ3v) is 4.83. The van der Waals surface area contributed by atoms with Crippen molar-refractivity contribution >= 4 is 17.8 Å². The van der Waals surface area contributed by atoms with Gasteiger partial charge in [0, 0.05) is 5.56 Å². The van der Waals surface area contributed by atoms with E-state index < -0.39 is 17.5 Å². The maximum absolute atomic E-state index is 13.1. The Balaban J connectivity index is 1.88. The number of primary amides is 1. The lowest BCUT2D eigenvalue weighted by Crippen LogP contribution is -2.43. The Hall–Kier alpha value is -3.15. The second kappa shape index (κ2) is 6.63. The van der Waals surface area contributed by atoms with Crippen molar-refractivity contribution in [3.63, 3.8) is 0 Å². The first kappa shape index (κ1) is 17.7. The number of urea groups is 1. The third-order valence-electron chi connectivity index (χ3n) is 4.83. The van der Waals surface area contributed by atoms with Gasteiger partial charge in [0.1, 0.15) is 5.54 Å². The van der Waals surface area contributed by atoms with Crippen LogP contribution >= 0.6 is 0 Å². The van der Waals surface area contributed by atoms with Gasteiger partial charge in [-0.25, -0.2) is 4.79 Å². The Morgan fingerprint density at radius 2 is 1.69 bits per heavy atom. The van der Waals surface area contributed by atoms with Crippen LogP contribution in [0, 0.1) is 6.92 Å². The maximum atomic E-state index is 13.1. The van der Waals surface area contributed by atoms with Gasteiger partial charge in [0.25, 0.3) is 5.91 Å². The molecule has 2 aromatic rings. The van der Waals surface area contributed by atoms with Crippen LogP contribution in [0.15, 0.2) is 48.5 Å². The molecule has 1 aliphatic rings. The van der Waals surface area contributed by atoms with Gasteiger partial charge in [-0.2, -0.15) is 0 Å². The molecule has 134 valence electrons. The first-order valence-electron chi connectivity index (χ1n) is 8.47. The number of nitrogens with two attached hydrogens (primary N) is 1. The number of hydrogen-bond acceptors (Lipinski definition) is 3. The highest BCUT2D eigenvalue weighted by molar-refractivity contribution is 6.07. The Kier molecular flexibility index (Phi) is 4.50. The number of hydrogen-bond donors (Lipinski definition) is 2. The Morgan fingerprint density at radius 3 is 2.23 bits per heavy atom. The van der Waals surface area contributed by atoms with Gasteiger partial charge < -0.3 is 11.1 Å². The fourth-order valence-electron chi connectivity index (χ4n) is 3.20. The number of aryl methyl sites for hydroxylation is 1. The number of benzene rings is 2. The summed E-state index contributed by atoms with van der Waals surface area (Å²) in [5.41, 5.74) is 7.18. The maximum Gasteiger partial charge on any atom is 0.325 e. The van der Waals surface area contributed by atoms with E-state index >= 15 is 0 Å². The van der Waals surface area contributed by atoms with Gasteiger partial charge in [-0.15, -0.1) is 0 Å². The van der Waals surface area contributed by atoms with Crippen molar-refractivity contribution in [1.82, 2.24) is 10.2 Å². The van der Waals surface area contributed by atoms with Crippen LogP contribution in [-0.4, -0.2) is 22.7 Å². The smallest absolute Gasteiger partial charge is 0.325 e. The first-order chi connectivity index (χ1) is 12.4. The minimum atomic E-state index is -1.04. The predicted octanol–water partition coefficient (Wildman–Crippen LogP) is 2.45. The van der Waals surface area contributed by atoms with Gasteiger partial charge in [0.2, 0.25) is 5.91 Å². The third kappa shape index (κ3) is 2.94. The van der Waals surface area contributed by atoms with E-state index in [-0.39, 0.29) is 12.5 Å². The molecular weight excluding hydrogens is 330 g/mol. The summed E-state index contributed by atoms with van der Waals surface area (Å²) in [5, 5.41) is 2.87. The van der Waals surface area contributed by atoms with Crippen LogP contribution in [0.25, 0.3) is 0 Å². The number of carbonyl (C=O) groups is 3. The molecule has 26 heavy (non-hydrogen) atoms. The molecule has 0 aliphatic carbocycles. The van der Waals surface area contributed by atoms with Crippen LogP contribution in [0.3, 0.4) is 0 Å². The van der Waals surface area contributed by atoms with Gasteiger partial charge in [0.15, 0.2) is 0 Å². The molecule has 3 N–H and O–H groups in total. The number of amides is 4. The molecule has 1 unspecified atom stereocenters. The summed E-state index contributed by atoms with van der Waals surface area (Å²) in [6, 6.07) is 13.7. The molecule has 1 aliphatic heterocycles. The highest BCUT2D eigenvalue weighted by atomic mass is 16.2. The molecule has 0 bridgehead atoms. The summed E-state index contributed by atoms with van der Waals surface area (Å²) >= 11 is 0. The van der Waals surface area contributed by atoms with Crippen LogP contribution in [-0.2, 0) is 16.9 Å². The van der Waals surface area contributed by atoms with Gasteiger partial charge in [0.05, 0.1) is 6.54 Å². The van der Waals surface area contributed by atoms with Gasteiger partial charge in [-0.3, -0.25) is 14.5 Å². The molecule has 1 atom stereocenters. The van der Waals surface area contributed by atoms with Crippen molar-refractivity contribution in [3.05, 3.63) is 70.8 Å². The zero-order valence-electron chi connectivity index (χ0n) is 14.8. The monoisotopic (exact) mass is 351 g/mol. The van der Waals surface area contributed by atoms with E-state index in [1.807, 2.05) is 38.1 Å². The molecule has 3 rings (SSSR count). The normalized spacial score (nSPS) is 19.5.